The molecule has 0 aromatic rings. The van der Waals surface area contributed by atoms with Gasteiger partial charge >= 0.3 is 0 Å². The monoisotopic (exact) mass is 208 g/mol. The van der Waals surface area contributed by atoms with Crippen molar-refractivity contribution in [3.63, 3.8) is 0 Å². The molecule has 0 aliphatic heterocycles. The smallest absolute Gasteiger partial charge is 0.0783 e. The van der Waals surface area contributed by atoms with Crippen molar-refractivity contribution in [3.05, 3.63) is 11.6 Å². The molecule has 0 amide bonds. The Bertz CT molecular complexity index is 252. The second-order valence-corrected chi connectivity index (χ2v) is 5.96. The maximum absolute atomic E-state index is 10.4. The molecule has 0 aromatic carbocycles. The second-order valence-electron chi connectivity index (χ2n) is 5.96. The van der Waals surface area contributed by atoms with E-state index >= 15 is 0 Å². The number of aliphatic hydroxyl groups is 1. The third-order valence-corrected chi connectivity index (χ3v) is 4.43. The van der Waals surface area contributed by atoms with Crippen molar-refractivity contribution in [2.75, 3.05) is 0 Å². The molecule has 0 spiro atoms. The van der Waals surface area contributed by atoms with Crippen LogP contribution in [0.3, 0.4) is 0 Å². The Morgan fingerprint density at radius 1 is 1.33 bits per heavy atom. The Balaban J connectivity index is 2.07. The van der Waals surface area contributed by atoms with Crippen LogP contribution in [0.4, 0.5) is 0 Å². The summed E-state index contributed by atoms with van der Waals surface area (Å²) in [7, 11) is 0. The first-order valence-electron chi connectivity index (χ1n) is 6.48. The van der Waals surface area contributed by atoms with Crippen LogP contribution in [0.25, 0.3) is 0 Å². The quantitative estimate of drug-likeness (QED) is 0.686. The molecule has 0 saturated heterocycles. The lowest BCUT2D eigenvalue weighted by molar-refractivity contribution is 0.0248. The van der Waals surface area contributed by atoms with Gasteiger partial charge in [0.1, 0.15) is 0 Å². The van der Waals surface area contributed by atoms with Crippen molar-refractivity contribution in [3.8, 4) is 0 Å². The van der Waals surface area contributed by atoms with Crippen molar-refractivity contribution in [2.24, 2.45) is 11.3 Å². The zero-order chi connectivity index (χ0) is 10.9. The van der Waals surface area contributed by atoms with Crippen LogP contribution in [0, 0.1) is 11.3 Å². The van der Waals surface area contributed by atoms with Crippen LogP contribution in [0.5, 0.6) is 0 Å². The van der Waals surface area contributed by atoms with Crippen LogP contribution in [0.1, 0.15) is 58.8 Å². The van der Waals surface area contributed by atoms with Gasteiger partial charge in [0.15, 0.2) is 0 Å². The summed E-state index contributed by atoms with van der Waals surface area (Å²) in [5, 5.41) is 10.4. The average Bonchev–Trinajstić information content (AvgIpc) is 2.69. The fraction of sp³-hybridized carbons (Fsp3) is 0.857. The van der Waals surface area contributed by atoms with E-state index in [0.717, 1.165) is 6.42 Å². The number of aliphatic hydroxyl groups excluding tert-OH is 1. The van der Waals surface area contributed by atoms with Gasteiger partial charge in [-0.1, -0.05) is 32.8 Å². The van der Waals surface area contributed by atoms with E-state index in [1.807, 2.05) is 0 Å². The second kappa shape index (κ2) is 4.29. The number of hydrogen-bond acceptors (Lipinski definition) is 1. The van der Waals surface area contributed by atoms with Gasteiger partial charge in [0.25, 0.3) is 0 Å². The third-order valence-electron chi connectivity index (χ3n) is 4.43. The molecule has 0 aromatic heterocycles. The van der Waals surface area contributed by atoms with Gasteiger partial charge in [-0.15, -0.1) is 0 Å². The molecule has 0 radical (unpaired) electrons. The highest BCUT2D eigenvalue weighted by Gasteiger charge is 2.38. The minimum atomic E-state index is -0.150. The Hall–Kier alpha value is -0.300. The Morgan fingerprint density at radius 3 is 2.73 bits per heavy atom. The van der Waals surface area contributed by atoms with Gasteiger partial charge in [-0.2, -0.15) is 0 Å². The molecule has 2 atom stereocenters. The van der Waals surface area contributed by atoms with E-state index in [0.29, 0.717) is 11.3 Å². The number of hydrogen-bond donors (Lipinski definition) is 1. The van der Waals surface area contributed by atoms with Crippen molar-refractivity contribution in [1.29, 1.82) is 0 Å². The van der Waals surface area contributed by atoms with Crippen LogP contribution >= 0.6 is 0 Å². The highest BCUT2D eigenvalue weighted by Crippen LogP contribution is 2.44. The van der Waals surface area contributed by atoms with E-state index in [-0.39, 0.29) is 6.10 Å². The maximum atomic E-state index is 10.4. The molecular formula is C14H24O. The molecule has 1 heteroatoms. The fourth-order valence-corrected chi connectivity index (χ4v) is 3.33. The zero-order valence-corrected chi connectivity index (χ0v) is 10.1. The Kier molecular flexibility index (Phi) is 3.20. The van der Waals surface area contributed by atoms with Gasteiger partial charge in [-0.3, -0.25) is 0 Å². The summed E-state index contributed by atoms with van der Waals surface area (Å²) >= 11 is 0. The van der Waals surface area contributed by atoms with E-state index in [1.54, 1.807) is 0 Å². The largest absolute Gasteiger partial charge is 0.388 e. The molecular weight excluding hydrogens is 184 g/mol. The summed E-state index contributed by atoms with van der Waals surface area (Å²) in [6, 6.07) is 0. The predicted molar refractivity (Wildman–Crippen MR) is 63.7 cm³/mol. The standard InChI is InChI=1S/C14H24O/c1-14(2)10-6-5-9-12(14)13(15)11-7-3-4-8-11/h7,12-13,15H,3-6,8-10H2,1-2H3. The fourth-order valence-electron chi connectivity index (χ4n) is 3.33. The molecule has 0 bridgehead atoms. The lowest BCUT2D eigenvalue weighted by Crippen LogP contribution is -2.37. The first-order valence-corrected chi connectivity index (χ1v) is 6.48. The summed E-state index contributed by atoms with van der Waals surface area (Å²) in [5.41, 5.74) is 1.66. The molecule has 1 fully saturated rings. The normalized spacial score (nSPS) is 32.5. The van der Waals surface area contributed by atoms with E-state index in [1.165, 1.54) is 44.1 Å². The summed E-state index contributed by atoms with van der Waals surface area (Å²) in [6.45, 7) is 4.66. The van der Waals surface area contributed by atoms with Crippen molar-refractivity contribution in [2.45, 2.75) is 64.9 Å². The molecule has 1 saturated carbocycles. The molecule has 2 aliphatic rings. The van der Waals surface area contributed by atoms with Gasteiger partial charge < -0.3 is 5.11 Å². The van der Waals surface area contributed by atoms with E-state index in [2.05, 4.69) is 19.9 Å². The summed E-state index contributed by atoms with van der Waals surface area (Å²) in [5.74, 6) is 0.496. The molecule has 0 heterocycles. The minimum Gasteiger partial charge on any atom is -0.388 e. The van der Waals surface area contributed by atoms with Crippen LogP contribution in [-0.4, -0.2) is 11.2 Å². The van der Waals surface area contributed by atoms with E-state index in [4.69, 9.17) is 0 Å². The summed E-state index contributed by atoms with van der Waals surface area (Å²) < 4.78 is 0. The van der Waals surface area contributed by atoms with Crippen LogP contribution in [-0.2, 0) is 0 Å². The number of allylic oxidation sites excluding steroid dienone is 1. The van der Waals surface area contributed by atoms with E-state index < -0.39 is 0 Å². The topological polar surface area (TPSA) is 20.2 Å². The zero-order valence-electron chi connectivity index (χ0n) is 10.1. The van der Waals surface area contributed by atoms with Gasteiger partial charge in [0, 0.05) is 0 Å². The highest BCUT2D eigenvalue weighted by molar-refractivity contribution is 5.15. The predicted octanol–water partition coefficient (Wildman–Crippen LogP) is 3.67. The third kappa shape index (κ3) is 2.28. The molecule has 15 heavy (non-hydrogen) atoms. The maximum Gasteiger partial charge on any atom is 0.0783 e. The van der Waals surface area contributed by atoms with Crippen molar-refractivity contribution >= 4 is 0 Å². The van der Waals surface area contributed by atoms with Gasteiger partial charge in [-0.25, -0.2) is 0 Å². The molecule has 2 unspecified atom stereocenters. The first kappa shape index (κ1) is 11.2. The van der Waals surface area contributed by atoms with Gasteiger partial charge in [-0.05, 0) is 49.0 Å². The van der Waals surface area contributed by atoms with Crippen molar-refractivity contribution in [1.82, 2.24) is 0 Å². The summed E-state index contributed by atoms with van der Waals surface area (Å²) in [4.78, 5) is 0. The SMILES string of the molecule is CC1(C)CCCCC1C(O)C1=CCCC1. The van der Waals surface area contributed by atoms with Crippen LogP contribution in [0.15, 0.2) is 11.6 Å². The highest BCUT2D eigenvalue weighted by atomic mass is 16.3. The minimum absolute atomic E-state index is 0.150. The van der Waals surface area contributed by atoms with Gasteiger partial charge in [0.2, 0.25) is 0 Å². The summed E-state index contributed by atoms with van der Waals surface area (Å²) in [6.07, 6.45) is 10.8. The van der Waals surface area contributed by atoms with Gasteiger partial charge in [0.05, 0.1) is 6.10 Å². The molecule has 2 rings (SSSR count). The Morgan fingerprint density at radius 2 is 2.13 bits per heavy atom. The lowest BCUT2D eigenvalue weighted by atomic mass is 9.65. The lowest BCUT2D eigenvalue weighted by Gasteiger charge is -2.41. The molecule has 2 aliphatic carbocycles. The Labute approximate surface area is 93.6 Å². The van der Waals surface area contributed by atoms with Crippen molar-refractivity contribution < 1.29 is 5.11 Å². The number of rotatable bonds is 2. The average molecular weight is 208 g/mol. The molecule has 1 N–H and O–H groups in total. The van der Waals surface area contributed by atoms with Crippen LogP contribution in [0.2, 0.25) is 0 Å². The first-order chi connectivity index (χ1) is 7.11. The molecule has 1 nitrogen and oxygen atoms in total. The van der Waals surface area contributed by atoms with E-state index in [9.17, 15) is 5.11 Å². The molecule has 86 valence electrons. The van der Waals surface area contributed by atoms with Crippen LogP contribution < -0.4 is 0 Å².